The second-order valence-electron chi connectivity index (χ2n) is 6.62. The molecule has 20 heavy (non-hydrogen) atoms. The Morgan fingerprint density at radius 3 is 2.95 bits per heavy atom. The van der Waals surface area contributed by atoms with Crippen molar-refractivity contribution in [2.24, 2.45) is 11.7 Å². The predicted molar refractivity (Wildman–Crippen MR) is 83.9 cm³/mol. The van der Waals surface area contributed by atoms with E-state index in [1.54, 1.807) is 0 Å². The number of rotatable bonds is 3. The highest BCUT2D eigenvalue weighted by Crippen LogP contribution is 2.38. The molecule has 0 radical (unpaired) electrons. The Bertz CT molecular complexity index is 442. The SMILES string of the molecule is CC(N)Cc1cccnc1N1CCCC2CCCCC21. The second-order valence-corrected chi connectivity index (χ2v) is 6.62. The summed E-state index contributed by atoms with van der Waals surface area (Å²) in [7, 11) is 0. The van der Waals surface area contributed by atoms with Crippen LogP contribution >= 0.6 is 0 Å². The minimum atomic E-state index is 0.199. The van der Waals surface area contributed by atoms with Gasteiger partial charge in [0.2, 0.25) is 0 Å². The molecule has 0 spiro atoms. The first kappa shape index (κ1) is 13.9. The van der Waals surface area contributed by atoms with Crippen molar-refractivity contribution in [2.75, 3.05) is 11.4 Å². The second kappa shape index (κ2) is 6.13. The van der Waals surface area contributed by atoms with E-state index in [0.29, 0.717) is 0 Å². The molecule has 2 N–H and O–H groups in total. The van der Waals surface area contributed by atoms with Gasteiger partial charge in [0.25, 0.3) is 0 Å². The molecule has 1 saturated carbocycles. The number of nitrogens with two attached hydrogens (primary N) is 1. The third-order valence-electron chi connectivity index (χ3n) is 4.92. The van der Waals surface area contributed by atoms with Gasteiger partial charge >= 0.3 is 0 Å². The van der Waals surface area contributed by atoms with E-state index in [4.69, 9.17) is 10.7 Å². The largest absolute Gasteiger partial charge is 0.353 e. The molecule has 0 aromatic carbocycles. The molecule has 0 bridgehead atoms. The molecule has 1 aliphatic carbocycles. The minimum Gasteiger partial charge on any atom is -0.353 e. The number of hydrogen-bond acceptors (Lipinski definition) is 3. The molecule has 1 aliphatic heterocycles. The van der Waals surface area contributed by atoms with Gasteiger partial charge in [-0.1, -0.05) is 18.9 Å². The molecule has 110 valence electrons. The summed E-state index contributed by atoms with van der Waals surface area (Å²) in [6, 6.07) is 5.17. The van der Waals surface area contributed by atoms with Gasteiger partial charge in [-0.25, -0.2) is 4.98 Å². The predicted octanol–water partition coefficient (Wildman–Crippen LogP) is 3.13. The van der Waals surface area contributed by atoms with Gasteiger partial charge < -0.3 is 10.6 Å². The highest BCUT2D eigenvalue weighted by molar-refractivity contribution is 5.49. The standard InChI is InChI=1S/C17H27N3/c1-13(18)12-15-7-4-10-19-17(15)20-11-5-8-14-6-2-3-9-16(14)20/h4,7,10,13-14,16H,2-3,5-6,8-9,11-12,18H2,1H3. The van der Waals surface area contributed by atoms with Crippen LogP contribution in [0.3, 0.4) is 0 Å². The van der Waals surface area contributed by atoms with Crippen LogP contribution < -0.4 is 10.6 Å². The molecule has 2 aliphatic rings. The Hall–Kier alpha value is -1.09. The van der Waals surface area contributed by atoms with Crippen molar-refractivity contribution in [1.29, 1.82) is 0 Å². The quantitative estimate of drug-likeness (QED) is 0.920. The van der Waals surface area contributed by atoms with Crippen LogP contribution in [0.5, 0.6) is 0 Å². The van der Waals surface area contributed by atoms with Gasteiger partial charge in [-0.2, -0.15) is 0 Å². The number of nitrogens with zero attached hydrogens (tertiary/aromatic N) is 2. The summed E-state index contributed by atoms with van der Waals surface area (Å²) in [4.78, 5) is 7.32. The molecule has 3 rings (SSSR count). The molecule has 1 aromatic heterocycles. The number of hydrogen-bond donors (Lipinski definition) is 1. The van der Waals surface area contributed by atoms with E-state index in [-0.39, 0.29) is 6.04 Å². The van der Waals surface area contributed by atoms with Gasteiger partial charge in [-0.15, -0.1) is 0 Å². The van der Waals surface area contributed by atoms with Gasteiger partial charge in [0.15, 0.2) is 0 Å². The lowest BCUT2D eigenvalue weighted by Gasteiger charge is -2.45. The zero-order valence-corrected chi connectivity index (χ0v) is 12.6. The van der Waals surface area contributed by atoms with Crippen LogP contribution in [-0.2, 0) is 6.42 Å². The van der Waals surface area contributed by atoms with Crippen LogP contribution in [0.15, 0.2) is 18.3 Å². The molecule has 3 nitrogen and oxygen atoms in total. The highest BCUT2D eigenvalue weighted by atomic mass is 15.2. The van der Waals surface area contributed by atoms with Crippen molar-refractivity contribution >= 4 is 5.82 Å². The van der Waals surface area contributed by atoms with Crippen molar-refractivity contribution in [3.8, 4) is 0 Å². The molecule has 2 heterocycles. The summed E-state index contributed by atoms with van der Waals surface area (Å²) in [6.45, 7) is 3.25. The molecule has 3 unspecified atom stereocenters. The Kier molecular flexibility index (Phi) is 4.25. The Morgan fingerprint density at radius 2 is 2.10 bits per heavy atom. The number of piperidine rings is 1. The molecular weight excluding hydrogens is 246 g/mol. The summed E-state index contributed by atoms with van der Waals surface area (Å²) < 4.78 is 0. The average molecular weight is 273 g/mol. The third kappa shape index (κ3) is 2.83. The van der Waals surface area contributed by atoms with Crippen LogP contribution in [0.25, 0.3) is 0 Å². The maximum absolute atomic E-state index is 6.01. The van der Waals surface area contributed by atoms with Crippen LogP contribution in [0.2, 0.25) is 0 Å². The fourth-order valence-corrected chi connectivity index (χ4v) is 4.08. The lowest BCUT2D eigenvalue weighted by molar-refractivity contribution is 0.242. The lowest BCUT2D eigenvalue weighted by atomic mass is 9.78. The third-order valence-corrected chi connectivity index (χ3v) is 4.92. The molecule has 2 fully saturated rings. The number of pyridine rings is 1. The van der Waals surface area contributed by atoms with Crippen molar-refractivity contribution < 1.29 is 0 Å². The van der Waals surface area contributed by atoms with Crippen molar-refractivity contribution in [2.45, 2.75) is 64.0 Å². The van der Waals surface area contributed by atoms with E-state index in [1.807, 2.05) is 12.3 Å². The first-order valence-corrected chi connectivity index (χ1v) is 8.22. The number of aromatic nitrogens is 1. The summed E-state index contributed by atoms with van der Waals surface area (Å²) in [6.07, 6.45) is 11.2. The van der Waals surface area contributed by atoms with E-state index in [2.05, 4.69) is 17.9 Å². The summed E-state index contributed by atoms with van der Waals surface area (Å²) in [5.74, 6) is 2.10. The smallest absolute Gasteiger partial charge is 0.132 e. The summed E-state index contributed by atoms with van der Waals surface area (Å²) in [5, 5.41) is 0. The normalized spacial score (nSPS) is 28.0. The van der Waals surface area contributed by atoms with E-state index >= 15 is 0 Å². The highest BCUT2D eigenvalue weighted by Gasteiger charge is 2.34. The summed E-state index contributed by atoms with van der Waals surface area (Å²) >= 11 is 0. The molecule has 0 amide bonds. The lowest BCUT2D eigenvalue weighted by Crippen LogP contribution is -2.47. The average Bonchev–Trinajstić information content (AvgIpc) is 2.47. The van der Waals surface area contributed by atoms with Gasteiger partial charge in [-0.05, 0) is 56.6 Å². The topological polar surface area (TPSA) is 42.1 Å². The monoisotopic (exact) mass is 273 g/mol. The van der Waals surface area contributed by atoms with Crippen molar-refractivity contribution in [3.05, 3.63) is 23.9 Å². The zero-order valence-electron chi connectivity index (χ0n) is 12.6. The molecule has 1 saturated heterocycles. The number of fused-ring (bicyclic) bond motifs is 1. The van der Waals surface area contributed by atoms with Gasteiger partial charge in [-0.3, -0.25) is 0 Å². The fourth-order valence-electron chi connectivity index (χ4n) is 4.08. The van der Waals surface area contributed by atoms with Gasteiger partial charge in [0, 0.05) is 24.8 Å². The van der Waals surface area contributed by atoms with E-state index in [0.717, 1.165) is 18.4 Å². The van der Waals surface area contributed by atoms with E-state index < -0.39 is 0 Å². The van der Waals surface area contributed by atoms with Gasteiger partial charge in [0.05, 0.1) is 0 Å². The molecule has 1 aromatic rings. The number of anilines is 1. The minimum absolute atomic E-state index is 0.199. The van der Waals surface area contributed by atoms with Gasteiger partial charge in [0.1, 0.15) is 5.82 Å². The first-order valence-electron chi connectivity index (χ1n) is 8.22. The van der Waals surface area contributed by atoms with Crippen molar-refractivity contribution in [1.82, 2.24) is 4.98 Å². The Morgan fingerprint density at radius 1 is 1.30 bits per heavy atom. The summed E-state index contributed by atoms with van der Waals surface area (Å²) in [5.41, 5.74) is 7.34. The fraction of sp³-hybridized carbons (Fsp3) is 0.706. The van der Waals surface area contributed by atoms with Crippen LogP contribution in [-0.4, -0.2) is 23.6 Å². The molecule has 3 heteroatoms. The molecule has 3 atom stereocenters. The Labute approximate surface area is 122 Å². The zero-order chi connectivity index (χ0) is 13.9. The van der Waals surface area contributed by atoms with Crippen LogP contribution in [0.4, 0.5) is 5.82 Å². The maximum atomic E-state index is 6.01. The van der Waals surface area contributed by atoms with Crippen LogP contribution in [0.1, 0.15) is 51.0 Å². The van der Waals surface area contributed by atoms with E-state index in [1.165, 1.54) is 56.5 Å². The van der Waals surface area contributed by atoms with Crippen molar-refractivity contribution in [3.63, 3.8) is 0 Å². The Balaban J connectivity index is 1.87. The van der Waals surface area contributed by atoms with E-state index in [9.17, 15) is 0 Å². The van der Waals surface area contributed by atoms with Crippen LogP contribution in [0, 0.1) is 5.92 Å². The first-order chi connectivity index (χ1) is 9.75. The maximum Gasteiger partial charge on any atom is 0.132 e. The molecular formula is C17H27N3.